The lowest BCUT2D eigenvalue weighted by Crippen LogP contribution is -2.44. The third kappa shape index (κ3) is 3.49. The second kappa shape index (κ2) is 7.04. The fraction of sp³-hybridized carbons (Fsp3) is 0.714. The first-order valence-corrected chi connectivity index (χ1v) is 8.07. The predicted octanol–water partition coefficient (Wildman–Crippen LogP) is 1.72. The summed E-state index contributed by atoms with van der Waals surface area (Å²) in [5, 5.41) is 13.2. The van der Waals surface area contributed by atoms with Gasteiger partial charge in [-0.15, -0.1) is 11.3 Å². The second-order valence-corrected chi connectivity index (χ2v) is 6.41. The molecule has 0 bridgehead atoms. The summed E-state index contributed by atoms with van der Waals surface area (Å²) in [6, 6.07) is -0.0747. The lowest BCUT2D eigenvalue weighted by atomic mass is 10.2. The zero-order valence-corrected chi connectivity index (χ0v) is 13.0. The Bertz CT molecular complexity index is 461. The molecule has 1 aromatic heterocycles. The maximum atomic E-state index is 12.0. The van der Waals surface area contributed by atoms with Gasteiger partial charge in [-0.3, -0.25) is 0 Å². The third-order valence-electron chi connectivity index (χ3n) is 3.74. The quantitative estimate of drug-likeness (QED) is 0.870. The van der Waals surface area contributed by atoms with E-state index in [0.29, 0.717) is 6.54 Å². The molecule has 6 heteroatoms. The van der Waals surface area contributed by atoms with E-state index in [1.165, 1.54) is 4.88 Å². The van der Waals surface area contributed by atoms with Gasteiger partial charge < -0.3 is 15.3 Å². The summed E-state index contributed by atoms with van der Waals surface area (Å²) in [5.41, 5.74) is 1.16. The molecule has 1 unspecified atom stereocenters. The summed E-state index contributed by atoms with van der Waals surface area (Å²) < 4.78 is 0. The van der Waals surface area contributed by atoms with Gasteiger partial charge in [0.05, 0.1) is 23.4 Å². The van der Waals surface area contributed by atoms with Gasteiger partial charge >= 0.3 is 6.03 Å². The van der Waals surface area contributed by atoms with Crippen molar-refractivity contribution in [1.82, 2.24) is 15.2 Å². The molecule has 20 heavy (non-hydrogen) atoms. The normalized spacial score (nSPS) is 18.6. The number of rotatable bonds is 5. The molecule has 1 aliphatic heterocycles. The molecule has 0 saturated carbocycles. The number of carbonyl (C=O) groups excluding carboxylic acids is 1. The van der Waals surface area contributed by atoms with Gasteiger partial charge in [0.2, 0.25) is 0 Å². The largest absolute Gasteiger partial charge is 0.394 e. The summed E-state index contributed by atoms with van der Waals surface area (Å²) in [6.45, 7) is 5.60. The Labute approximate surface area is 124 Å². The summed E-state index contributed by atoms with van der Waals surface area (Å²) in [7, 11) is 0. The van der Waals surface area contributed by atoms with Gasteiger partial charge in [-0.05, 0) is 26.2 Å². The highest BCUT2D eigenvalue weighted by molar-refractivity contribution is 7.11. The first kappa shape index (κ1) is 15.3. The minimum Gasteiger partial charge on any atom is -0.394 e. The number of hydrogen-bond donors (Lipinski definition) is 2. The van der Waals surface area contributed by atoms with E-state index >= 15 is 0 Å². The van der Waals surface area contributed by atoms with Crippen LogP contribution in [-0.2, 0) is 12.8 Å². The Hall–Kier alpha value is -1.14. The first-order chi connectivity index (χ1) is 9.65. The van der Waals surface area contributed by atoms with Crippen LogP contribution in [0, 0.1) is 6.92 Å². The molecule has 1 atom stereocenters. The summed E-state index contributed by atoms with van der Waals surface area (Å²) in [5.74, 6) is 0. The summed E-state index contributed by atoms with van der Waals surface area (Å²) in [4.78, 5) is 19.6. The van der Waals surface area contributed by atoms with Crippen molar-refractivity contribution in [3.8, 4) is 0 Å². The van der Waals surface area contributed by atoms with Crippen molar-refractivity contribution in [2.45, 2.75) is 45.6 Å². The van der Waals surface area contributed by atoms with Crippen LogP contribution in [0.3, 0.4) is 0 Å². The van der Waals surface area contributed by atoms with Crippen molar-refractivity contribution in [2.75, 3.05) is 19.7 Å². The number of aliphatic hydroxyl groups is 1. The molecule has 1 fully saturated rings. The van der Waals surface area contributed by atoms with Crippen molar-refractivity contribution >= 4 is 17.4 Å². The monoisotopic (exact) mass is 297 g/mol. The number of aliphatic hydroxyl groups excluding tert-OH is 1. The molecular weight excluding hydrogens is 274 g/mol. The van der Waals surface area contributed by atoms with Crippen LogP contribution < -0.4 is 5.32 Å². The molecule has 112 valence electrons. The van der Waals surface area contributed by atoms with Crippen molar-refractivity contribution in [2.24, 2.45) is 0 Å². The fourth-order valence-corrected chi connectivity index (χ4v) is 3.61. The van der Waals surface area contributed by atoms with Crippen molar-refractivity contribution in [1.29, 1.82) is 0 Å². The Morgan fingerprint density at radius 1 is 1.60 bits per heavy atom. The van der Waals surface area contributed by atoms with E-state index in [9.17, 15) is 9.90 Å². The number of thiazole rings is 1. The molecule has 2 heterocycles. The van der Waals surface area contributed by atoms with Crippen LogP contribution in [0.4, 0.5) is 4.79 Å². The third-order valence-corrected chi connectivity index (χ3v) is 4.81. The van der Waals surface area contributed by atoms with Gasteiger partial charge in [-0.1, -0.05) is 6.92 Å². The highest BCUT2D eigenvalue weighted by Crippen LogP contribution is 2.18. The van der Waals surface area contributed by atoms with E-state index in [1.807, 2.05) is 0 Å². The molecule has 1 aliphatic rings. The number of aryl methyl sites for hydroxylation is 2. The SMILES string of the molecule is CCc1nc(CCNC(=O)N2CCCC2CO)sc1C. The maximum absolute atomic E-state index is 12.0. The number of amides is 2. The average molecular weight is 297 g/mol. The minimum atomic E-state index is -0.0643. The maximum Gasteiger partial charge on any atom is 0.317 e. The van der Waals surface area contributed by atoms with E-state index in [4.69, 9.17) is 0 Å². The Morgan fingerprint density at radius 2 is 2.40 bits per heavy atom. The van der Waals surface area contributed by atoms with Gasteiger partial charge in [0.1, 0.15) is 0 Å². The number of carbonyl (C=O) groups is 1. The zero-order chi connectivity index (χ0) is 14.5. The van der Waals surface area contributed by atoms with Gasteiger partial charge in [0.15, 0.2) is 0 Å². The van der Waals surface area contributed by atoms with Gasteiger partial charge in [0, 0.05) is 24.4 Å². The topological polar surface area (TPSA) is 65.5 Å². The Morgan fingerprint density at radius 3 is 3.05 bits per heavy atom. The number of nitrogens with zero attached hydrogens (tertiary/aromatic N) is 2. The lowest BCUT2D eigenvalue weighted by Gasteiger charge is -2.23. The highest BCUT2D eigenvalue weighted by atomic mass is 32.1. The van der Waals surface area contributed by atoms with Crippen molar-refractivity contribution in [3.05, 3.63) is 15.6 Å². The van der Waals surface area contributed by atoms with Gasteiger partial charge in [0.25, 0.3) is 0 Å². The lowest BCUT2D eigenvalue weighted by molar-refractivity contribution is 0.157. The molecule has 0 aliphatic carbocycles. The molecule has 2 amide bonds. The van der Waals surface area contributed by atoms with Crippen LogP contribution in [0.5, 0.6) is 0 Å². The van der Waals surface area contributed by atoms with E-state index < -0.39 is 0 Å². The number of aromatic nitrogens is 1. The second-order valence-electron chi connectivity index (χ2n) is 5.12. The van der Waals surface area contributed by atoms with Gasteiger partial charge in [-0.25, -0.2) is 9.78 Å². The molecule has 1 saturated heterocycles. The van der Waals surface area contributed by atoms with E-state index in [2.05, 4.69) is 24.1 Å². The van der Waals surface area contributed by atoms with Crippen LogP contribution in [0.25, 0.3) is 0 Å². The standard InChI is InChI=1S/C14H23N3O2S/c1-3-12-10(2)20-13(16-12)6-7-15-14(19)17-8-4-5-11(17)9-18/h11,18H,3-9H2,1-2H3,(H,15,19). The molecule has 0 aromatic carbocycles. The molecule has 0 radical (unpaired) electrons. The summed E-state index contributed by atoms with van der Waals surface area (Å²) in [6.07, 6.45) is 3.61. The Kier molecular flexibility index (Phi) is 5.37. The average Bonchev–Trinajstić information content (AvgIpc) is 3.04. The van der Waals surface area contributed by atoms with Crippen LogP contribution in [0.2, 0.25) is 0 Å². The summed E-state index contributed by atoms with van der Waals surface area (Å²) >= 11 is 1.71. The van der Waals surface area contributed by atoms with Crippen molar-refractivity contribution < 1.29 is 9.90 Å². The molecule has 2 rings (SSSR count). The minimum absolute atomic E-state index is 0.0104. The molecule has 1 aromatic rings. The molecule has 0 spiro atoms. The first-order valence-electron chi connectivity index (χ1n) is 7.26. The fourth-order valence-electron chi connectivity index (χ4n) is 2.59. The predicted molar refractivity (Wildman–Crippen MR) is 80.1 cm³/mol. The molecule has 5 nitrogen and oxygen atoms in total. The van der Waals surface area contributed by atoms with E-state index in [-0.39, 0.29) is 18.7 Å². The van der Waals surface area contributed by atoms with Crippen LogP contribution in [0.1, 0.15) is 35.3 Å². The van der Waals surface area contributed by atoms with Crippen molar-refractivity contribution in [3.63, 3.8) is 0 Å². The van der Waals surface area contributed by atoms with Crippen LogP contribution in [-0.4, -0.2) is 46.8 Å². The highest BCUT2D eigenvalue weighted by Gasteiger charge is 2.27. The van der Waals surface area contributed by atoms with Gasteiger partial charge in [-0.2, -0.15) is 0 Å². The molecular formula is C14H23N3O2S. The molecule has 2 N–H and O–H groups in total. The Balaban J connectivity index is 1.79. The van der Waals surface area contributed by atoms with Crippen LogP contribution in [0.15, 0.2) is 0 Å². The number of hydrogen-bond acceptors (Lipinski definition) is 4. The number of urea groups is 1. The zero-order valence-electron chi connectivity index (χ0n) is 12.2. The van der Waals surface area contributed by atoms with E-state index in [0.717, 1.165) is 42.9 Å². The smallest absolute Gasteiger partial charge is 0.317 e. The number of nitrogens with one attached hydrogen (secondary N) is 1. The number of likely N-dealkylation sites (tertiary alicyclic amines) is 1. The van der Waals surface area contributed by atoms with Crippen LogP contribution >= 0.6 is 11.3 Å². The van der Waals surface area contributed by atoms with E-state index in [1.54, 1.807) is 16.2 Å².